The monoisotopic (exact) mass is 205 g/mol. The van der Waals surface area contributed by atoms with Crippen molar-refractivity contribution in [3.8, 4) is 0 Å². The molecule has 0 aromatic carbocycles. The molecule has 9 heteroatoms. The van der Waals surface area contributed by atoms with Gasteiger partial charge in [-0.3, -0.25) is 9.13 Å². The molecule has 7 nitrogen and oxygen atoms in total. The van der Waals surface area contributed by atoms with Gasteiger partial charge in [0.05, 0.1) is 0 Å². The average molecular weight is 205 g/mol. The molecule has 0 aliphatic carbocycles. The molecular weight excluding hydrogens is 196 g/mol. The molecule has 0 fully saturated rings. The molecule has 68 valence electrons. The Hall–Kier alpha value is 0.260. The minimum atomic E-state index is -4.61. The molecule has 0 amide bonds. The first-order chi connectivity index (χ1) is 4.72. The summed E-state index contributed by atoms with van der Waals surface area (Å²) in [5, 5.41) is -1.79. The second-order valence-electron chi connectivity index (χ2n) is 1.89. The molecule has 0 spiro atoms. The lowest BCUT2D eigenvalue weighted by molar-refractivity contribution is 0.261. The molecule has 0 rings (SSSR count). The summed E-state index contributed by atoms with van der Waals surface area (Å²) in [5.74, 6) is 4.35. The highest BCUT2D eigenvalue weighted by Crippen LogP contribution is 2.61. The topological polar surface area (TPSA) is 130 Å². The molecule has 0 radical (unpaired) electrons. The van der Waals surface area contributed by atoms with E-state index in [2.05, 4.69) is 10.5 Å². The fraction of sp³-hybridized carbons (Fsp3) is 1.00. The summed E-state index contributed by atoms with van der Waals surface area (Å²) in [7, 11) is -8.98. The maximum atomic E-state index is 10.6. The van der Waals surface area contributed by atoms with Gasteiger partial charge in [-0.1, -0.05) is 0 Å². The Morgan fingerprint density at radius 1 is 1.36 bits per heavy atom. The third kappa shape index (κ3) is 3.01. The molecule has 0 bridgehead atoms. The highest BCUT2D eigenvalue weighted by atomic mass is 31.2. The Kier molecular flexibility index (Phi) is 3.41. The van der Waals surface area contributed by atoms with Crippen LogP contribution in [0.3, 0.4) is 0 Å². The number of rotatable bonds is 3. The molecule has 2 unspecified atom stereocenters. The lowest BCUT2D eigenvalue weighted by Crippen LogP contribution is -2.09. The van der Waals surface area contributed by atoms with Crippen LogP contribution in [0.5, 0.6) is 0 Å². The molecular formula is C2H9NO6P2. The Morgan fingerprint density at radius 2 is 1.73 bits per heavy atom. The quantitative estimate of drug-likeness (QED) is 0.363. The van der Waals surface area contributed by atoms with E-state index in [0.29, 0.717) is 0 Å². The molecule has 5 N–H and O–H groups in total. The second kappa shape index (κ2) is 3.33. The smallest absolute Gasteiger partial charge is 0.324 e. The average Bonchev–Trinajstić information content (AvgIpc) is 1.84. The van der Waals surface area contributed by atoms with E-state index < -0.39 is 20.6 Å². The number of hydrogen-bond donors (Lipinski definition) is 4. The molecule has 0 aliphatic rings. The van der Waals surface area contributed by atoms with Crippen molar-refractivity contribution in [2.75, 3.05) is 0 Å². The summed E-state index contributed by atoms with van der Waals surface area (Å²) in [6.45, 7) is 0.883. The van der Waals surface area contributed by atoms with Crippen molar-refractivity contribution in [3.05, 3.63) is 0 Å². The van der Waals surface area contributed by atoms with Gasteiger partial charge < -0.3 is 14.7 Å². The first kappa shape index (κ1) is 11.3. The summed E-state index contributed by atoms with van der Waals surface area (Å²) in [6, 6.07) is 0. The van der Waals surface area contributed by atoms with Crippen molar-refractivity contribution in [1.82, 2.24) is 0 Å². The Balaban J connectivity index is 4.64. The highest BCUT2D eigenvalue weighted by molar-refractivity contribution is 7.71. The van der Waals surface area contributed by atoms with Crippen LogP contribution >= 0.6 is 15.2 Å². The van der Waals surface area contributed by atoms with E-state index in [4.69, 9.17) is 14.7 Å². The molecule has 0 aromatic rings. The fourth-order valence-corrected chi connectivity index (χ4v) is 2.14. The fourth-order valence-electron chi connectivity index (χ4n) is 0.278. The van der Waals surface area contributed by atoms with Gasteiger partial charge in [-0.15, -0.1) is 0 Å². The largest absolute Gasteiger partial charge is 0.359 e. The Bertz CT molecular complexity index is 221. The lowest BCUT2D eigenvalue weighted by atomic mass is 11.0. The summed E-state index contributed by atoms with van der Waals surface area (Å²) in [5.41, 5.74) is 0. The SMILES string of the molecule is CC(P(=O)(O)O)P(=O)(O)ON. The summed E-state index contributed by atoms with van der Waals surface area (Å²) in [4.78, 5) is 25.4. The van der Waals surface area contributed by atoms with Crippen LogP contribution in [0.15, 0.2) is 0 Å². The maximum absolute atomic E-state index is 10.6. The van der Waals surface area contributed by atoms with Crippen LogP contribution in [0.25, 0.3) is 0 Å². The van der Waals surface area contributed by atoms with Crippen molar-refractivity contribution in [2.24, 2.45) is 5.90 Å². The Morgan fingerprint density at radius 3 is 1.82 bits per heavy atom. The zero-order valence-electron chi connectivity index (χ0n) is 5.62. The first-order valence-electron chi connectivity index (χ1n) is 2.48. The standard InChI is InChI=1S/C2H9NO6P2/c1-2(10(4,5)6)11(7,8)9-3/h2H,3H2,1H3,(H,7,8)(H2,4,5,6). The van der Waals surface area contributed by atoms with Gasteiger partial charge in [0.25, 0.3) is 0 Å². The van der Waals surface area contributed by atoms with Gasteiger partial charge in [0.2, 0.25) is 0 Å². The molecule has 0 heterocycles. The van der Waals surface area contributed by atoms with Crippen molar-refractivity contribution in [1.29, 1.82) is 0 Å². The third-order valence-electron chi connectivity index (χ3n) is 1.11. The van der Waals surface area contributed by atoms with Gasteiger partial charge in [-0.2, -0.15) is 0 Å². The van der Waals surface area contributed by atoms with E-state index in [9.17, 15) is 9.13 Å². The zero-order chi connectivity index (χ0) is 9.28. The molecule has 0 aromatic heterocycles. The van der Waals surface area contributed by atoms with Crippen molar-refractivity contribution in [3.63, 3.8) is 0 Å². The predicted octanol–water partition coefficient (Wildman–Crippen LogP) is -0.414. The van der Waals surface area contributed by atoms with Crippen molar-refractivity contribution in [2.45, 2.75) is 12.3 Å². The molecule has 2 atom stereocenters. The van der Waals surface area contributed by atoms with Gasteiger partial charge in [0, 0.05) is 0 Å². The van der Waals surface area contributed by atoms with E-state index in [1.807, 2.05) is 0 Å². The van der Waals surface area contributed by atoms with Crippen LogP contribution in [-0.4, -0.2) is 20.1 Å². The third-order valence-corrected chi connectivity index (χ3v) is 5.11. The van der Waals surface area contributed by atoms with Gasteiger partial charge in [-0.25, -0.2) is 10.5 Å². The van der Waals surface area contributed by atoms with Crippen molar-refractivity contribution < 1.29 is 28.4 Å². The summed E-state index contributed by atoms with van der Waals surface area (Å²) in [6.07, 6.45) is 0. The van der Waals surface area contributed by atoms with Gasteiger partial charge in [0.1, 0.15) is 0 Å². The normalized spacial score (nSPS) is 20.8. The maximum Gasteiger partial charge on any atom is 0.359 e. The van der Waals surface area contributed by atoms with Crippen LogP contribution in [-0.2, 0) is 13.8 Å². The van der Waals surface area contributed by atoms with Crippen LogP contribution in [0.1, 0.15) is 6.92 Å². The first-order valence-corrected chi connectivity index (χ1v) is 5.81. The summed E-state index contributed by atoms with van der Waals surface area (Å²) < 4.78 is 24.6. The van der Waals surface area contributed by atoms with E-state index in [1.54, 1.807) is 0 Å². The molecule has 11 heavy (non-hydrogen) atoms. The minimum absolute atomic E-state index is 0.883. The molecule has 0 saturated heterocycles. The van der Waals surface area contributed by atoms with Gasteiger partial charge >= 0.3 is 15.2 Å². The van der Waals surface area contributed by atoms with Crippen LogP contribution in [0.2, 0.25) is 0 Å². The van der Waals surface area contributed by atoms with E-state index in [1.165, 1.54) is 0 Å². The van der Waals surface area contributed by atoms with E-state index in [-0.39, 0.29) is 0 Å². The Labute approximate surface area is 62.8 Å². The minimum Gasteiger partial charge on any atom is -0.324 e. The van der Waals surface area contributed by atoms with Crippen LogP contribution in [0.4, 0.5) is 0 Å². The van der Waals surface area contributed by atoms with Crippen molar-refractivity contribution >= 4 is 15.2 Å². The summed E-state index contributed by atoms with van der Waals surface area (Å²) >= 11 is 0. The van der Waals surface area contributed by atoms with Crippen LogP contribution in [0, 0.1) is 0 Å². The van der Waals surface area contributed by atoms with E-state index >= 15 is 0 Å². The highest BCUT2D eigenvalue weighted by Gasteiger charge is 2.41. The lowest BCUT2D eigenvalue weighted by Gasteiger charge is -2.16. The predicted molar refractivity (Wildman–Crippen MR) is 36.6 cm³/mol. The second-order valence-corrected chi connectivity index (χ2v) is 6.36. The van der Waals surface area contributed by atoms with Crippen LogP contribution < -0.4 is 5.90 Å². The number of nitrogens with two attached hydrogens (primary N) is 1. The van der Waals surface area contributed by atoms with Gasteiger partial charge in [-0.05, 0) is 6.92 Å². The molecule has 0 aliphatic heterocycles. The van der Waals surface area contributed by atoms with E-state index in [0.717, 1.165) is 6.92 Å². The molecule has 0 saturated carbocycles. The number of hydrogen-bond acceptors (Lipinski definition) is 4. The van der Waals surface area contributed by atoms with Gasteiger partial charge in [0.15, 0.2) is 5.40 Å². The zero-order valence-corrected chi connectivity index (χ0v) is 7.40.